The summed E-state index contributed by atoms with van der Waals surface area (Å²) < 4.78 is 0. The number of hydrogen-bond acceptors (Lipinski definition) is 6. The van der Waals surface area contributed by atoms with Crippen LogP contribution in [-0.2, 0) is 12.8 Å². The van der Waals surface area contributed by atoms with E-state index in [9.17, 15) is 5.11 Å². The number of aliphatic hydroxyl groups excluding tert-OH is 1. The van der Waals surface area contributed by atoms with Gasteiger partial charge in [-0.1, -0.05) is 37.7 Å². The molecule has 0 aliphatic heterocycles. The average molecular weight is 298 g/mol. The highest BCUT2D eigenvalue weighted by Gasteiger charge is 2.21. The minimum atomic E-state index is -0.488. The van der Waals surface area contributed by atoms with E-state index in [1.807, 2.05) is 20.8 Å². The minimum Gasteiger partial charge on any atom is -0.409 e. The monoisotopic (exact) mass is 298 g/mol. The second kappa shape index (κ2) is 7.44. The van der Waals surface area contributed by atoms with Crippen molar-refractivity contribution in [3.8, 4) is 0 Å². The lowest BCUT2D eigenvalue weighted by Crippen LogP contribution is -2.22. The molecule has 4 N–H and O–H groups in total. The summed E-state index contributed by atoms with van der Waals surface area (Å²) in [4.78, 5) is 0. The first-order valence-corrected chi connectivity index (χ1v) is 7.55. The van der Waals surface area contributed by atoms with Gasteiger partial charge in [0, 0.05) is 5.25 Å². The number of oxime groups is 1. The van der Waals surface area contributed by atoms with E-state index in [1.54, 1.807) is 6.92 Å². The van der Waals surface area contributed by atoms with Crippen LogP contribution >= 0.6 is 11.8 Å². The molecule has 0 radical (unpaired) electrons. The van der Waals surface area contributed by atoms with Gasteiger partial charge in [0.25, 0.3) is 0 Å². The van der Waals surface area contributed by atoms with Crippen molar-refractivity contribution in [2.24, 2.45) is 10.9 Å². The van der Waals surface area contributed by atoms with Crippen molar-refractivity contribution < 1.29 is 10.3 Å². The van der Waals surface area contributed by atoms with Crippen LogP contribution in [0.2, 0.25) is 0 Å². The van der Waals surface area contributed by atoms with Gasteiger partial charge in [-0.2, -0.15) is 5.10 Å². The van der Waals surface area contributed by atoms with Gasteiger partial charge < -0.3 is 16.0 Å². The molecule has 0 saturated heterocycles. The third-order valence-electron chi connectivity index (χ3n) is 3.15. The summed E-state index contributed by atoms with van der Waals surface area (Å²) in [6, 6.07) is 0. The highest BCUT2D eigenvalue weighted by molar-refractivity contribution is 8.00. The van der Waals surface area contributed by atoms with Gasteiger partial charge in [0.2, 0.25) is 0 Å². The SMILES string of the molecule is CCc1nnc(SC(C)C(C)O)c(C(N)=NO)c1CC. The summed E-state index contributed by atoms with van der Waals surface area (Å²) in [6.45, 7) is 7.60. The van der Waals surface area contributed by atoms with Gasteiger partial charge in [-0.25, -0.2) is 0 Å². The van der Waals surface area contributed by atoms with Crippen LogP contribution in [0.15, 0.2) is 10.2 Å². The zero-order valence-electron chi connectivity index (χ0n) is 12.3. The molecule has 0 spiro atoms. The van der Waals surface area contributed by atoms with Gasteiger partial charge in [-0.3, -0.25) is 0 Å². The van der Waals surface area contributed by atoms with Crippen LogP contribution in [-0.4, -0.2) is 37.7 Å². The third-order valence-corrected chi connectivity index (χ3v) is 4.43. The Morgan fingerprint density at radius 3 is 2.40 bits per heavy atom. The van der Waals surface area contributed by atoms with Crippen LogP contribution in [0.3, 0.4) is 0 Å². The molecular formula is C13H22N4O2S. The predicted molar refractivity (Wildman–Crippen MR) is 80.3 cm³/mol. The zero-order chi connectivity index (χ0) is 15.3. The molecular weight excluding hydrogens is 276 g/mol. The smallest absolute Gasteiger partial charge is 0.173 e. The molecule has 0 bridgehead atoms. The lowest BCUT2D eigenvalue weighted by atomic mass is 10.0. The molecule has 20 heavy (non-hydrogen) atoms. The van der Waals surface area contributed by atoms with Crippen LogP contribution in [0, 0.1) is 0 Å². The fraction of sp³-hybridized carbons (Fsp3) is 0.615. The summed E-state index contributed by atoms with van der Waals surface area (Å²) in [5.74, 6) is 0.0340. The number of amidine groups is 1. The molecule has 0 saturated carbocycles. The number of rotatable bonds is 6. The van der Waals surface area contributed by atoms with E-state index < -0.39 is 6.10 Å². The van der Waals surface area contributed by atoms with Crippen molar-refractivity contribution >= 4 is 17.6 Å². The van der Waals surface area contributed by atoms with E-state index in [0.717, 1.165) is 24.1 Å². The minimum absolute atomic E-state index is 0.0340. The molecule has 0 aliphatic carbocycles. The normalized spacial score (nSPS) is 15.2. The van der Waals surface area contributed by atoms with Crippen molar-refractivity contribution in [1.82, 2.24) is 10.2 Å². The van der Waals surface area contributed by atoms with Crippen LogP contribution in [0.5, 0.6) is 0 Å². The molecule has 0 fully saturated rings. The maximum Gasteiger partial charge on any atom is 0.173 e. The summed E-state index contributed by atoms with van der Waals surface area (Å²) in [6.07, 6.45) is 0.970. The number of aryl methyl sites for hydroxylation is 1. The molecule has 6 nitrogen and oxygen atoms in total. The van der Waals surface area contributed by atoms with Gasteiger partial charge in [0.15, 0.2) is 5.84 Å². The van der Waals surface area contributed by atoms with E-state index in [1.165, 1.54) is 11.8 Å². The van der Waals surface area contributed by atoms with Crippen molar-refractivity contribution in [3.63, 3.8) is 0 Å². The van der Waals surface area contributed by atoms with Gasteiger partial charge in [0.05, 0.1) is 17.4 Å². The predicted octanol–water partition coefficient (Wildman–Crippen LogP) is 1.56. The molecule has 112 valence electrons. The third kappa shape index (κ3) is 3.61. The fourth-order valence-corrected chi connectivity index (χ4v) is 2.81. The average Bonchev–Trinajstić information content (AvgIpc) is 2.45. The number of thioether (sulfide) groups is 1. The molecule has 0 aromatic carbocycles. The molecule has 2 atom stereocenters. The van der Waals surface area contributed by atoms with E-state index in [0.29, 0.717) is 10.6 Å². The molecule has 1 aromatic heterocycles. The molecule has 1 aromatic rings. The van der Waals surface area contributed by atoms with Crippen molar-refractivity contribution in [3.05, 3.63) is 16.8 Å². The van der Waals surface area contributed by atoms with E-state index in [-0.39, 0.29) is 11.1 Å². The van der Waals surface area contributed by atoms with Gasteiger partial charge in [-0.15, -0.1) is 5.10 Å². The lowest BCUT2D eigenvalue weighted by Gasteiger charge is -2.18. The van der Waals surface area contributed by atoms with Gasteiger partial charge in [0.1, 0.15) is 5.03 Å². The molecule has 0 amide bonds. The number of hydrogen-bond donors (Lipinski definition) is 3. The first-order chi connectivity index (χ1) is 9.46. The number of nitrogens with two attached hydrogens (primary N) is 1. The standard InChI is InChI=1S/C13H22N4O2S/c1-5-9-10(6-2)15-16-13(11(9)12(14)17-19)20-8(4)7(3)18/h7-8,18-19H,5-6H2,1-4H3,(H2,14,17). The maximum atomic E-state index is 9.62. The Labute approximate surface area is 123 Å². The highest BCUT2D eigenvalue weighted by Crippen LogP contribution is 2.29. The first-order valence-electron chi connectivity index (χ1n) is 6.67. The summed E-state index contributed by atoms with van der Waals surface area (Å²) in [5, 5.41) is 30.6. The number of aromatic nitrogens is 2. The van der Waals surface area contributed by atoms with Crippen molar-refractivity contribution in [2.75, 3.05) is 0 Å². The number of aliphatic hydroxyl groups is 1. The second-order valence-corrected chi connectivity index (χ2v) is 5.93. The molecule has 2 unspecified atom stereocenters. The molecule has 0 aliphatic rings. The van der Waals surface area contributed by atoms with Crippen molar-refractivity contribution in [2.45, 2.75) is 56.9 Å². The van der Waals surface area contributed by atoms with Gasteiger partial charge in [-0.05, 0) is 25.3 Å². The second-order valence-electron chi connectivity index (χ2n) is 4.56. The Kier molecular flexibility index (Phi) is 6.22. The summed E-state index contributed by atoms with van der Waals surface area (Å²) in [7, 11) is 0. The van der Waals surface area contributed by atoms with Crippen LogP contribution in [0.4, 0.5) is 0 Å². The molecule has 1 heterocycles. The Morgan fingerprint density at radius 2 is 1.95 bits per heavy atom. The maximum absolute atomic E-state index is 9.62. The van der Waals surface area contributed by atoms with E-state index >= 15 is 0 Å². The first kappa shape index (κ1) is 16.7. The fourth-order valence-electron chi connectivity index (χ4n) is 1.83. The number of nitrogens with zero attached hydrogens (tertiary/aromatic N) is 3. The topological polar surface area (TPSA) is 105 Å². The largest absolute Gasteiger partial charge is 0.409 e. The van der Waals surface area contributed by atoms with Crippen LogP contribution in [0.25, 0.3) is 0 Å². The highest BCUT2D eigenvalue weighted by atomic mass is 32.2. The quantitative estimate of drug-likeness (QED) is 0.242. The summed E-state index contributed by atoms with van der Waals surface area (Å²) in [5.41, 5.74) is 8.22. The van der Waals surface area contributed by atoms with E-state index in [4.69, 9.17) is 10.9 Å². The zero-order valence-corrected chi connectivity index (χ0v) is 13.1. The molecule has 7 heteroatoms. The Morgan fingerprint density at radius 1 is 1.30 bits per heavy atom. The Balaban J connectivity index is 3.37. The summed E-state index contributed by atoms with van der Waals surface area (Å²) >= 11 is 1.38. The Bertz CT molecular complexity index is 492. The van der Waals surface area contributed by atoms with Crippen LogP contribution in [0.1, 0.15) is 44.5 Å². The van der Waals surface area contributed by atoms with E-state index in [2.05, 4.69) is 15.4 Å². The van der Waals surface area contributed by atoms with Crippen LogP contribution < -0.4 is 5.73 Å². The molecule has 1 rings (SSSR count). The lowest BCUT2D eigenvalue weighted by molar-refractivity contribution is 0.196. The van der Waals surface area contributed by atoms with Gasteiger partial charge >= 0.3 is 0 Å². The van der Waals surface area contributed by atoms with Crippen molar-refractivity contribution in [1.29, 1.82) is 0 Å². The Hall–Kier alpha value is -1.34.